The summed E-state index contributed by atoms with van der Waals surface area (Å²) in [5.74, 6) is -1.43. The van der Waals surface area contributed by atoms with Gasteiger partial charge in [0.2, 0.25) is 0 Å². The molecule has 4 rings (SSSR count). The summed E-state index contributed by atoms with van der Waals surface area (Å²) in [6, 6.07) is 12.4. The summed E-state index contributed by atoms with van der Waals surface area (Å²) in [5, 5.41) is 40.9. The summed E-state index contributed by atoms with van der Waals surface area (Å²) in [6.45, 7) is 4.04. The van der Waals surface area contributed by atoms with Crippen LogP contribution in [0.15, 0.2) is 65.3 Å². The molecule has 1 aliphatic heterocycles. The maximum Gasteiger partial charge on any atom is 0.264 e. The third-order valence-corrected chi connectivity index (χ3v) is 7.23. The van der Waals surface area contributed by atoms with Crippen LogP contribution in [0.4, 0.5) is 11.4 Å². The molecule has 3 aromatic rings. The van der Waals surface area contributed by atoms with E-state index in [-0.39, 0.29) is 13.2 Å². The predicted octanol–water partition coefficient (Wildman–Crippen LogP) is 2.91. The Labute approximate surface area is 235 Å². The number of anilines is 2. The van der Waals surface area contributed by atoms with Crippen molar-refractivity contribution in [3.63, 3.8) is 0 Å². The molecule has 1 aromatic heterocycles. The Hall–Kier alpha value is -3.38. The number of rotatable bonds is 11. The second-order valence-corrected chi connectivity index (χ2v) is 10.5. The van der Waals surface area contributed by atoms with E-state index >= 15 is 0 Å². The summed E-state index contributed by atoms with van der Waals surface area (Å²) in [4.78, 5) is 27.1. The molecule has 0 bridgehead atoms. The molecule has 4 N–H and O–H groups in total. The first kappa shape index (κ1) is 28.6. The summed E-state index contributed by atoms with van der Waals surface area (Å²) in [7, 11) is 0. The van der Waals surface area contributed by atoms with Crippen LogP contribution in [-0.2, 0) is 34.7 Å². The normalized spacial score (nSPS) is 18.4. The number of aryl methyl sites for hydroxylation is 1. The molecule has 1 aliphatic rings. The number of aliphatic hydroxyl groups excluding tert-OH is 2. The number of amides is 2. The highest BCUT2D eigenvalue weighted by atomic mass is 79.9. The van der Waals surface area contributed by atoms with Gasteiger partial charge in [0.15, 0.2) is 5.60 Å². The molecule has 2 amide bonds. The Balaban J connectivity index is 1.49. The summed E-state index contributed by atoms with van der Waals surface area (Å²) < 4.78 is 2.46. The van der Waals surface area contributed by atoms with Gasteiger partial charge in [0.05, 0.1) is 17.9 Å². The van der Waals surface area contributed by atoms with E-state index in [1.807, 2.05) is 31.2 Å². The number of aliphatic hydroxyl groups is 3. The lowest BCUT2D eigenvalue weighted by atomic mass is 9.83. The Kier molecular flexibility index (Phi) is 8.96. The monoisotopic (exact) mass is 597 g/mol. The molecule has 3 atom stereocenters. The second-order valence-electron chi connectivity index (χ2n) is 9.63. The van der Waals surface area contributed by atoms with Crippen molar-refractivity contribution >= 4 is 39.1 Å². The zero-order chi connectivity index (χ0) is 28.2. The first-order valence-corrected chi connectivity index (χ1v) is 13.5. The van der Waals surface area contributed by atoms with Gasteiger partial charge in [-0.15, -0.1) is 5.10 Å². The molecule has 0 radical (unpaired) electrons. The van der Waals surface area contributed by atoms with Crippen molar-refractivity contribution in [3.05, 3.63) is 82.1 Å². The fourth-order valence-corrected chi connectivity index (χ4v) is 4.88. The minimum Gasteiger partial charge on any atom is -0.396 e. The molecule has 206 valence electrons. The lowest BCUT2D eigenvalue weighted by Crippen LogP contribution is -2.44. The van der Waals surface area contributed by atoms with Crippen LogP contribution in [0, 0.1) is 5.92 Å². The average molecular weight is 598 g/mol. The number of carbonyl (C=O) groups is 2. The lowest BCUT2D eigenvalue weighted by Gasteiger charge is -2.27. The van der Waals surface area contributed by atoms with Crippen LogP contribution >= 0.6 is 15.9 Å². The number of nitrogens with one attached hydrogen (secondary N) is 1. The van der Waals surface area contributed by atoms with Crippen LogP contribution in [0.2, 0.25) is 0 Å². The quantitative estimate of drug-likeness (QED) is 0.249. The number of aromatic nitrogens is 3. The molecule has 2 aromatic carbocycles. The number of fused-ring (bicyclic) bond motifs is 1. The van der Waals surface area contributed by atoms with Gasteiger partial charge in [0.25, 0.3) is 11.8 Å². The van der Waals surface area contributed by atoms with Crippen molar-refractivity contribution in [2.75, 3.05) is 16.8 Å². The zero-order valence-electron chi connectivity index (χ0n) is 21.8. The molecule has 0 spiro atoms. The Morgan fingerprint density at radius 2 is 1.95 bits per heavy atom. The van der Waals surface area contributed by atoms with E-state index in [2.05, 4.69) is 31.6 Å². The van der Waals surface area contributed by atoms with Crippen molar-refractivity contribution in [2.45, 2.75) is 51.5 Å². The third-order valence-electron chi connectivity index (χ3n) is 6.74. The highest BCUT2D eigenvalue weighted by Crippen LogP contribution is 2.46. The van der Waals surface area contributed by atoms with Crippen LogP contribution < -0.4 is 10.2 Å². The van der Waals surface area contributed by atoms with E-state index in [9.17, 15) is 19.8 Å². The van der Waals surface area contributed by atoms with Crippen LogP contribution in [0.3, 0.4) is 0 Å². The number of hydrogen-bond acceptors (Lipinski definition) is 7. The van der Waals surface area contributed by atoms with Crippen LogP contribution in [-0.4, -0.2) is 54.8 Å². The number of nitrogens with zero attached hydrogens (tertiary/aromatic N) is 4. The standard InChI is InChI=1S/C28H32BrN5O5/c1-18(5-3-4-13-33-17-23(12-14-35)31-32-33)28(39)24-15-21(29)8-11-25(24)34(27(28)38)16-20-6-9-22(10-7-20)30-26(37)19(2)36/h3,5-11,15,17-19,35-36,39H,4,12-14,16H2,1-2H3,(H,30,37)/b5-3+/t18-,19-,28+/m0/s1. The van der Waals surface area contributed by atoms with Crippen LogP contribution in [0.25, 0.3) is 0 Å². The minimum atomic E-state index is -1.75. The fraction of sp³-hybridized carbons (Fsp3) is 0.357. The average Bonchev–Trinajstić information content (AvgIpc) is 3.44. The molecule has 0 aliphatic carbocycles. The van der Waals surface area contributed by atoms with E-state index in [0.29, 0.717) is 36.3 Å². The smallest absolute Gasteiger partial charge is 0.264 e. The van der Waals surface area contributed by atoms with Gasteiger partial charge in [-0.25, -0.2) is 0 Å². The molecule has 2 heterocycles. The van der Waals surface area contributed by atoms with Gasteiger partial charge in [0.1, 0.15) is 6.10 Å². The second kappa shape index (κ2) is 12.2. The first-order chi connectivity index (χ1) is 18.6. The molecule has 0 saturated heterocycles. The van der Waals surface area contributed by atoms with Gasteiger partial charge >= 0.3 is 0 Å². The largest absolute Gasteiger partial charge is 0.396 e. The van der Waals surface area contributed by atoms with Crippen molar-refractivity contribution in [1.29, 1.82) is 0 Å². The molecule has 0 unspecified atom stereocenters. The van der Waals surface area contributed by atoms with E-state index in [0.717, 1.165) is 15.7 Å². The minimum absolute atomic E-state index is 0.0187. The van der Waals surface area contributed by atoms with Gasteiger partial charge in [-0.3, -0.25) is 14.3 Å². The number of hydrogen-bond donors (Lipinski definition) is 4. The van der Waals surface area contributed by atoms with Gasteiger partial charge in [-0.1, -0.05) is 52.4 Å². The molecular formula is C28H32BrN5O5. The zero-order valence-corrected chi connectivity index (χ0v) is 23.4. The molecule has 11 heteroatoms. The Morgan fingerprint density at radius 3 is 2.64 bits per heavy atom. The number of benzene rings is 2. The van der Waals surface area contributed by atoms with Crippen molar-refractivity contribution in [3.8, 4) is 0 Å². The topological polar surface area (TPSA) is 141 Å². The molecular weight excluding hydrogens is 566 g/mol. The van der Waals surface area contributed by atoms with Gasteiger partial charge in [-0.05, 0) is 49.2 Å². The maximum atomic E-state index is 13.7. The van der Waals surface area contributed by atoms with Gasteiger partial charge in [0, 0.05) is 47.4 Å². The molecule has 10 nitrogen and oxygen atoms in total. The maximum absolute atomic E-state index is 13.7. The van der Waals surface area contributed by atoms with Crippen LogP contribution in [0.1, 0.15) is 37.1 Å². The summed E-state index contributed by atoms with van der Waals surface area (Å²) in [5.41, 5.74) is 1.49. The van der Waals surface area contributed by atoms with E-state index in [4.69, 9.17) is 5.11 Å². The van der Waals surface area contributed by atoms with E-state index in [1.165, 1.54) is 6.92 Å². The third kappa shape index (κ3) is 6.27. The van der Waals surface area contributed by atoms with Crippen molar-refractivity contribution < 1.29 is 24.9 Å². The highest BCUT2D eigenvalue weighted by molar-refractivity contribution is 9.10. The summed E-state index contributed by atoms with van der Waals surface area (Å²) in [6.07, 6.45) is 5.52. The fourth-order valence-electron chi connectivity index (χ4n) is 4.52. The van der Waals surface area contributed by atoms with Crippen molar-refractivity contribution in [2.24, 2.45) is 5.92 Å². The Bertz CT molecular complexity index is 1360. The molecule has 0 fully saturated rings. The Morgan fingerprint density at radius 1 is 1.21 bits per heavy atom. The first-order valence-electron chi connectivity index (χ1n) is 12.7. The van der Waals surface area contributed by atoms with E-state index < -0.39 is 29.4 Å². The van der Waals surface area contributed by atoms with Gasteiger partial charge in [-0.2, -0.15) is 0 Å². The predicted molar refractivity (Wildman–Crippen MR) is 150 cm³/mol. The SMILES string of the molecule is C[C@H](O)C(=O)Nc1ccc(CN2C(=O)[C@@](O)([C@@H](C)/C=C/CCn3cc(CCO)nn3)c3cc(Br)ccc32)cc1. The van der Waals surface area contributed by atoms with E-state index in [1.54, 1.807) is 46.1 Å². The highest BCUT2D eigenvalue weighted by Gasteiger charge is 2.52. The number of allylic oxidation sites excluding steroid dienone is 1. The van der Waals surface area contributed by atoms with Gasteiger partial charge < -0.3 is 25.5 Å². The number of carbonyl (C=O) groups excluding carboxylic acids is 2. The number of halogens is 1. The van der Waals surface area contributed by atoms with Crippen LogP contribution in [0.5, 0.6) is 0 Å². The lowest BCUT2D eigenvalue weighted by molar-refractivity contribution is -0.139. The molecule has 39 heavy (non-hydrogen) atoms. The molecule has 0 saturated carbocycles. The summed E-state index contributed by atoms with van der Waals surface area (Å²) >= 11 is 3.47. The van der Waals surface area contributed by atoms with Crippen molar-refractivity contribution in [1.82, 2.24) is 15.0 Å².